The van der Waals surface area contributed by atoms with Gasteiger partial charge in [0.2, 0.25) is 0 Å². The molecule has 18 heavy (non-hydrogen) atoms. The quantitative estimate of drug-likeness (QED) is 0.936. The molecule has 0 amide bonds. The smallest absolute Gasteiger partial charge is 0.110 e. The fourth-order valence-electron chi connectivity index (χ4n) is 1.80. The molecule has 2 rings (SSSR count). The third-order valence-electron chi connectivity index (χ3n) is 2.66. The number of benzene rings is 1. The number of imidazole rings is 1. The van der Waals surface area contributed by atoms with Gasteiger partial charge in [0.05, 0.1) is 6.54 Å². The van der Waals surface area contributed by atoms with Crippen LogP contribution in [0.25, 0.3) is 0 Å². The maximum absolute atomic E-state index is 6.22. The Kier molecular flexibility index (Phi) is 4.43. The van der Waals surface area contributed by atoms with Gasteiger partial charge in [-0.3, -0.25) is 0 Å². The Morgan fingerprint density at radius 3 is 2.94 bits per heavy atom. The first kappa shape index (κ1) is 13.6. The summed E-state index contributed by atoms with van der Waals surface area (Å²) in [5, 5.41) is 0.754. The van der Waals surface area contributed by atoms with Crippen molar-refractivity contribution >= 4 is 27.5 Å². The van der Waals surface area contributed by atoms with E-state index >= 15 is 0 Å². The molecule has 0 aliphatic heterocycles. The lowest BCUT2D eigenvalue weighted by Gasteiger charge is -2.11. The zero-order valence-corrected chi connectivity index (χ0v) is 12.4. The summed E-state index contributed by atoms with van der Waals surface area (Å²) in [6, 6.07) is 6.01. The van der Waals surface area contributed by atoms with Crippen LogP contribution in [0.3, 0.4) is 0 Å². The Balaban J connectivity index is 2.21. The van der Waals surface area contributed by atoms with Crippen molar-refractivity contribution in [1.82, 2.24) is 9.55 Å². The predicted octanol–water partition coefficient (Wildman–Crippen LogP) is 3.24. The van der Waals surface area contributed by atoms with Crippen molar-refractivity contribution < 1.29 is 0 Å². The zero-order valence-electron chi connectivity index (χ0n) is 10.1. The van der Waals surface area contributed by atoms with Crippen LogP contribution in [0.1, 0.15) is 18.3 Å². The van der Waals surface area contributed by atoms with Gasteiger partial charge < -0.3 is 10.3 Å². The van der Waals surface area contributed by atoms with E-state index in [0.717, 1.165) is 27.3 Å². The molecule has 2 aromatic rings. The van der Waals surface area contributed by atoms with Crippen molar-refractivity contribution in [1.29, 1.82) is 0 Å². The second kappa shape index (κ2) is 5.87. The van der Waals surface area contributed by atoms with E-state index in [4.69, 9.17) is 17.3 Å². The highest BCUT2D eigenvalue weighted by Gasteiger charge is 2.08. The number of nitrogens with zero attached hydrogens (tertiary/aromatic N) is 2. The third-order valence-corrected chi connectivity index (χ3v) is 3.51. The first-order chi connectivity index (χ1) is 8.56. The molecule has 0 aliphatic carbocycles. The summed E-state index contributed by atoms with van der Waals surface area (Å²) in [6.45, 7) is 2.69. The topological polar surface area (TPSA) is 43.8 Å². The number of aromatic nitrogens is 2. The maximum atomic E-state index is 6.22. The molecule has 0 saturated carbocycles. The average Bonchev–Trinajstić information content (AvgIpc) is 2.69. The van der Waals surface area contributed by atoms with Gasteiger partial charge >= 0.3 is 0 Å². The minimum absolute atomic E-state index is 0.103. The average molecular weight is 329 g/mol. The lowest BCUT2D eigenvalue weighted by molar-refractivity contribution is 0.648. The van der Waals surface area contributed by atoms with Crippen LogP contribution in [0.5, 0.6) is 0 Å². The number of hydrogen-bond acceptors (Lipinski definition) is 2. The Morgan fingerprint density at radius 1 is 1.50 bits per heavy atom. The minimum Gasteiger partial charge on any atom is -0.330 e. The summed E-state index contributed by atoms with van der Waals surface area (Å²) in [7, 11) is 0. The van der Waals surface area contributed by atoms with Gasteiger partial charge in [0.25, 0.3) is 0 Å². The largest absolute Gasteiger partial charge is 0.330 e. The number of nitrogens with two attached hydrogens (primary N) is 1. The van der Waals surface area contributed by atoms with Crippen molar-refractivity contribution in [3.05, 3.63) is 51.5 Å². The molecule has 0 fully saturated rings. The monoisotopic (exact) mass is 327 g/mol. The molecule has 1 aromatic carbocycles. The second-order valence-electron chi connectivity index (χ2n) is 4.39. The Bertz CT molecular complexity index is 537. The molecule has 0 spiro atoms. The SMILES string of the molecule is CC(N)Cc1nccn1Cc1ccc(Br)cc1Cl. The molecule has 5 heteroatoms. The molecule has 3 nitrogen and oxygen atoms in total. The molecule has 0 aliphatic rings. The normalized spacial score (nSPS) is 12.7. The predicted molar refractivity (Wildman–Crippen MR) is 77.8 cm³/mol. The second-order valence-corrected chi connectivity index (χ2v) is 5.71. The standard InChI is InChI=1S/C13H15BrClN3/c1-9(16)6-13-17-4-5-18(13)8-10-2-3-11(14)7-12(10)15/h2-5,7,9H,6,8,16H2,1H3. The van der Waals surface area contributed by atoms with E-state index in [0.29, 0.717) is 6.54 Å². The van der Waals surface area contributed by atoms with Gasteiger partial charge in [0, 0.05) is 34.4 Å². The van der Waals surface area contributed by atoms with Crippen molar-refractivity contribution in [2.24, 2.45) is 5.73 Å². The van der Waals surface area contributed by atoms with E-state index in [1.54, 1.807) is 6.20 Å². The maximum Gasteiger partial charge on any atom is 0.110 e. The zero-order chi connectivity index (χ0) is 13.1. The molecule has 0 bridgehead atoms. The van der Waals surface area contributed by atoms with Crippen LogP contribution in [0.2, 0.25) is 5.02 Å². The lowest BCUT2D eigenvalue weighted by Crippen LogP contribution is -2.20. The van der Waals surface area contributed by atoms with Crippen molar-refractivity contribution in [3.8, 4) is 0 Å². The number of rotatable bonds is 4. The van der Waals surface area contributed by atoms with E-state index in [1.165, 1.54) is 0 Å². The molecule has 1 aromatic heterocycles. The van der Waals surface area contributed by atoms with Crippen LogP contribution >= 0.6 is 27.5 Å². The van der Waals surface area contributed by atoms with E-state index < -0.39 is 0 Å². The van der Waals surface area contributed by atoms with E-state index in [-0.39, 0.29) is 6.04 Å². The van der Waals surface area contributed by atoms with Crippen LogP contribution in [-0.2, 0) is 13.0 Å². The van der Waals surface area contributed by atoms with Gasteiger partial charge in [-0.15, -0.1) is 0 Å². The molecule has 2 N–H and O–H groups in total. The fraction of sp³-hybridized carbons (Fsp3) is 0.308. The van der Waals surface area contributed by atoms with E-state index in [2.05, 4.69) is 25.5 Å². The Hall–Kier alpha value is -0.840. The van der Waals surface area contributed by atoms with Gasteiger partial charge in [-0.1, -0.05) is 33.6 Å². The van der Waals surface area contributed by atoms with Crippen molar-refractivity contribution in [3.63, 3.8) is 0 Å². The molecular weight excluding hydrogens is 314 g/mol. The van der Waals surface area contributed by atoms with Crippen LogP contribution in [0, 0.1) is 0 Å². The van der Waals surface area contributed by atoms with Gasteiger partial charge in [0.1, 0.15) is 5.82 Å². The molecular formula is C13H15BrClN3. The first-order valence-electron chi connectivity index (χ1n) is 5.76. The van der Waals surface area contributed by atoms with Crippen molar-refractivity contribution in [2.75, 3.05) is 0 Å². The molecule has 1 heterocycles. The van der Waals surface area contributed by atoms with Crippen LogP contribution < -0.4 is 5.73 Å². The highest BCUT2D eigenvalue weighted by atomic mass is 79.9. The first-order valence-corrected chi connectivity index (χ1v) is 6.93. The molecule has 0 saturated heterocycles. The van der Waals surface area contributed by atoms with Crippen LogP contribution in [-0.4, -0.2) is 15.6 Å². The summed E-state index contributed by atoms with van der Waals surface area (Å²) in [5.41, 5.74) is 6.88. The fourth-order valence-corrected chi connectivity index (χ4v) is 2.53. The molecule has 0 radical (unpaired) electrons. The van der Waals surface area contributed by atoms with Crippen LogP contribution in [0.15, 0.2) is 35.1 Å². The number of hydrogen-bond donors (Lipinski definition) is 1. The van der Waals surface area contributed by atoms with Gasteiger partial charge in [-0.25, -0.2) is 4.98 Å². The van der Waals surface area contributed by atoms with Gasteiger partial charge in [0.15, 0.2) is 0 Å². The summed E-state index contributed by atoms with van der Waals surface area (Å²) in [4.78, 5) is 4.33. The summed E-state index contributed by atoms with van der Waals surface area (Å²) in [6.07, 6.45) is 4.52. The molecule has 1 atom stereocenters. The third kappa shape index (κ3) is 3.34. The number of halogens is 2. The summed E-state index contributed by atoms with van der Waals surface area (Å²) < 4.78 is 3.07. The molecule has 1 unspecified atom stereocenters. The van der Waals surface area contributed by atoms with E-state index in [1.807, 2.05) is 31.3 Å². The Labute approximate surface area is 120 Å². The Morgan fingerprint density at radius 2 is 2.28 bits per heavy atom. The minimum atomic E-state index is 0.103. The van der Waals surface area contributed by atoms with Crippen molar-refractivity contribution in [2.45, 2.75) is 25.9 Å². The summed E-state index contributed by atoms with van der Waals surface area (Å²) in [5.74, 6) is 0.990. The molecule has 96 valence electrons. The lowest BCUT2D eigenvalue weighted by atomic mass is 10.2. The van der Waals surface area contributed by atoms with Gasteiger partial charge in [-0.05, 0) is 24.6 Å². The van der Waals surface area contributed by atoms with E-state index in [9.17, 15) is 0 Å². The van der Waals surface area contributed by atoms with Crippen LogP contribution in [0.4, 0.5) is 0 Å². The van der Waals surface area contributed by atoms with Gasteiger partial charge in [-0.2, -0.15) is 0 Å². The summed E-state index contributed by atoms with van der Waals surface area (Å²) >= 11 is 9.62. The highest BCUT2D eigenvalue weighted by Crippen LogP contribution is 2.22. The highest BCUT2D eigenvalue weighted by molar-refractivity contribution is 9.10.